The lowest BCUT2D eigenvalue weighted by atomic mass is 9.88. The molecule has 16 heavy (non-hydrogen) atoms. The van der Waals surface area contributed by atoms with Crippen LogP contribution in [0.2, 0.25) is 0 Å². The first-order valence-electron chi connectivity index (χ1n) is 5.06. The van der Waals surface area contributed by atoms with Crippen molar-refractivity contribution in [1.82, 2.24) is 10.2 Å². The molecule has 1 aliphatic rings. The van der Waals surface area contributed by atoms with Gasteiger partial charge in [0.25, 0.3) is 0 Å². The highest BCUT2D eigenvalue weighted by Gasteiger charge is 2.63. The molecule has 1 aromatic rings. The van der Waals surface area contributed by atoms with Crippen molar-refractivity contribution in [3.05, 3.63) is 17.5 Å². The van der Waals surface area contributed by atoms with Crippen molar-refractivity contribution in [2.75, 3.05) is 6.54 Å². The Hall–Kier alpha value is -1.04. The third-order valence-corrected chi connectivity index (χ3v) is 3.70. The van der Waals surface area contributed by atoms with Crippen molar-refractivity contribution in [2.24, 2.45) is 11.1 Å². The van der Waals surface area contributed by atoms with Crippen LogP contribution < -0.4 is 5.73 Å². The molecule has 0 aliphatic heterocycles. The molecule has 90 valence electrons. The molecule has 0 aromatic carbocycles. The maximum absolute atomic E-state index is 12.7. The van der Waals surface area contributed by atoms with Crippen LogP contribution in [-0.4, -0.2) is 16.7 Å². The van der Waals surface area contributed by atoms with Crippen molar-refractivity contribution in [2.45, 2.75) is 31.9 Å². The predicted molar refractivity (Wildman–Crippen MR) is 52.7 cm³/mol. The minimum atomic E-state index is -4.40. The Balaban J connectivity index is 2.47. The van der Waals surface area contributed by atoms with Crippen molar-refractivity contribution in [3.63, 3.8) is 0 Å². The highest BCUT2D eigenvalue weighted by Crippen LogP contribution is 2.64. The molecule has 6 heteroatoms. The first kappa shape index (κ1) is 11.4. The van der Waals surface area contributed by atoms with E-state index in [1.807, 2.05) is 18.9 Å². The van der Waals surface area contributed by atoms with Crippen LogP contribution in [0.4, 0.5) is 13.2 Å². The molecule has 0 saturated heterocycles. The van der Waals surface area contributed by atoms with Gasteiger partial charge < -0.3 is 5.73 Å². The molecule has 1 fully saturated rings. The van der Waals surface area contributed by atoms with E-state index in [1.54, 1.807) is 0 Å². The summed E-state index contributed by atoms with van der Waals surface area (Å²) in [6.07, 6.45) is -2.48. The van der Waals surface area contributed by atoms with Crippen LogP contribution in [0.15, 0.2) is 6.20 Å². The number of nitrogens with zero attached hydrogens (tertiary/aromatic N) is 1. The van der Waals surface area contributed by atoms with Gasteiger partial charge in [0.1, 0.15) is 5.69 Å². The normalized spacial score (nSPS) is 28.1. The Bertz CT molecular complexity index is 408. The maximum Gasteiger partial charge on any atom is 0.433 e. The van der Waals surface area contributed by atoms with Gasteiger partial charge in [-0.3, -0.25) is 5.10 Å². The van der Waals surface area contributed by atoms with Crippen LogP contribution in [0, 0.1) is 5.41 Å². The summed E-state index contributed by atoms with van der Waals surface area (Å²) < 4.78 is 38.1. The van der Waals surface area contributed by atoms with Crippen LogP contribution >= 0.6 is 0 Å². The van der Waals surface area contributed by atoms with Gasteiger partial charge >= 0.3 is 6.18 Å². The van der Waals surface area contributed by atoms with E-state index in [0.29, 0.717) is 6.42 Å². The number of aromatic nitrogens is 2. The second-order valence-corrected chi connectivity index (χ2v) is 5.00. The molecule has 2 rings (SSSR count). The second kappa shape index (κ2) is 3.00. The number of H-pyrrole nitrogens is 1. The number of hydrogen-bond acceptors (Lipinski definition) is 2. The Labute approximate surface area is 91.2 Å². The second-order valence-electron chi connectivity index (χ2n) is 5.00. The summed E-state index contributed by atoms with van der Waals surface area (Å²) in [6.45, 7) is 4.06. The fourth-order valence-corrected chi connectivity index (χ4v) is 2.49. The molecule has 3 nitrogen and oxygen atoms in total. The molecule has 1 aliphatic carbocycles. The standard InChI is InChI=1S/C10H14F3N3/c1-8(2)4-9(8,5-14)6-3-15-16-7(6)10(11,12)13/h3H,4-5,14H2,1-2H3,(H,15,16). The molecular weight excluding hydrogens is 219 g/mol. The van der Waals surface area contributed by atoms with Crippen molar-refractivity contribution in [3.8, 4) is 0 Å². The lowest BCUT2D eigenvalue weighted by Gasteiger charge is -2.19. The monoisotopic (exact) mass is 233 g/mol. The van der Waals surface area contributed by atoms with Crippen molar-refractivity contribution >= 4 is 0 Å². The van der Waals surface area contributed by atoms with Crippen LogP contribution in [0.3, 0.4) is 0 Å². The van der Waals surface area contributed by atoms with Gasteiger partial charge in [-0.2, -0.15) is 18.3 Å². The van der Waals surface area contributed by atoms with Gasteiger partial charge in [-0.05, 0) is 11.8 Å². The molecule has 0 spiro atoms. The quantitative estimate of drug-likeness (QED) is 0.821. The minimum absolute atomic E-state index is 0.189. The summed E-state index contributed by atoms with van der Waals surface area (Å²) in [4.78, 5) is 0. The van der Waals surface area contributed by atoms with Gasteiger partial charge in [-0.25, -0.2) is 0 Å². The number of nitrogens with one attached hydrogen (secondary N) is 1. The summed E-state index contributed by atoms with van der Waals surface area (Å²) >= 11 is 0. The number of aromatic amines is 1. The van der Waals surface area contributed by atoms with E-state index in [-0.39, 0.29) is 17.5 Å². The number of nitrogens with two attached hydrogens (primary N) is 1. The SMILES string of the molecule is CC1(C)CC1(CN)c1cn[nH]c1C(F)(F)F. The molecule has 1 aromatic heterocycles. The van der Waals surface area contributed by atoms with Crippen LogP contribution in [0.5, 0.6) is 0 Å². The summed E-state index contributed by atoms with van der Waals surface area (Å²) in [5.74, 6) is 0. The Morgan fingerprint density at radius 1 is 1.50 bits per heavy atom. The molecule has 1 saturated carbocycles. The van der Waals surface area contributed by atoms with Gasteiger partial charge in [-0.1, -0.05) is 13.8 Å². The van der Waals surface area contributed by atoms with Gasteiger partial charge in [0.2, 0.25) is 0 Å². The average molecular weight is 233 g/mol. The minimum Gasteiger partial charge on any atom is -0.330 e. The largest absolute Gasteiger partial charge is 0.433 e. The van der Waals surface area contributed by atoms with Crippen molar-refractivity contribution in [1.29, 1.82) is 0 Å². The Morgan fingerprint density at radius 2 is 2.06 bits per heavy atom. The van der Waals surface area contributed by atoms with Crippen LogP contribution in [-0.2, 0) is 11.6 Å². The van der Waals surface area contributed by atoms with Crippen molar-refractivity contribution < 1.29 is 13.2 Å². The lowest BCUT2D eigenvalue weighted by molar-refractivity contribution is -0.142. The summed E-state index contributed by atoms with van der Waals surface area (Å²) in [5.41, 5.74) is 4.31. The first-order chi connectivity index (χ1) is 7.24. The smallest absolute Gasteiger partial charge is 0.330 e. The van der Waals surface area contributed by atoms with Crippen LogP contribution in [0.1, 0.15) is 31.5 Å². The first-order valence-corrected chi connectivity index (χ1v) is 5.06. The average Bonchev–Trinajstić information content (AvgIpc) is 2.59. The third-order valence-electron chi connectivity index (χ3n) is 3.70. The van der Waals surface area contributed by atoms with Gasteiger partial charge in [-0.15, -0.1) is 0 Å². The zero-order valence-corrected chi connectivity index (χ0v) is 9.15. The van der Waals surface area contributed by atoms with Crippen LogP contribution in [0.25, 0.3) is 0 Å². The summed E-state index contributed by atoms with van der Waals surface area (Å²) in [7, 11) is 0. The fourth-order valence-electron chi connectivity index (χ4n) is 2.49. The van der Waals surface area contributed by atoms with E-state index in [2.05, 4.69) is 5.10 Å². The Morgan fingerprint density at radius 3 is 2.44 bits per heavy atom. The molecule has 3 N–H and O–H groups in total. The zero-order valence-electron chi connectivity index (χ0n) is 9.15. The third kappa shape index (κ3) is 1.36. The number of rotatable bonds is 2. The lowest BCUT2D eigenvalue weighted by Crippen LogP contribution is -2.27. The van der Waals surface area contributed by atoms with E-state index in [4.69, 9.17) is 5.73 Å². The number of halogens is 3. The van der Waals surface area contributed by atoms with Gasteiger partial charge in [0.15, 0.2) is 0 Å². The predicted octanol–water partition coefficient (Wildman–Crippen LogP) is 2.05. The molecule has 1 heterocycles. The highest BCUT2D eigenvalue weighted by molar-refractivity contribution is 5.40. The maximum atomic E-state index is 12.7. The van der Waals surface area contributed by atoms with E-state index in [1.165, 1.54) is 6.20 Å². The van der Waals surface area contributed by atoms with E-state index >= 15 is 0 Å². The summed E-state index contributed by atoms with van der Waals surface area (Å²) in [5, 5.41) is 5.54. The molecule has 0 bridgehead atoms. The summed E-state index contributed by atoms with van der Waals surface area (Å²) in [6, 6.07) is 0. The van der Waals surface area contributed by atoms with Gasteiger partial charge in [0, 0.05) is 17.5 Å². The van der Waals surface area contributed by atoms with E-state index in [9.17, 15) is 13.2 Å². The molecule has 0 amide bonds. The number of alkyl halides is 3. The molecular formula is C10H14F3N3. The van der Waals surface area contributed by atoms with E-state index < -0.39 is 17.3 Å². The number of hydrogen-bond donors (Lipinski definition) is 2. The molecule has 1 atom stereocenters. The molecule has 1 unspecified atom stereocenters. The topological polar surface area (TPSA) is 54.7 Å². The fraction of sp³-hybridized carbons (Fsp3) is 0.700. The van der Waals surface area contributed by atoms with Gasteiger partial charge in [0.05, 0.1) is 6.20 Å². The Kier molecular flexibility index (Phi) is 2.15. The van der Waals surface area contributed by atoms with E-state index in [0.717, 1.165) is 0 Å². The zero-order chi connectivity index (χ0) is 12.2. The highest BCUT2D eigenvalue weighted by atomic mass is 19.4. The molecule has 0 radical (unpaired) electrons.